The number of fused-ring (bicyclic) bond motifs is 2. The average Bonchev–Trinajstić information content (AvgIpc) is 3.54. The van der Waals surface area contributed by atoms with Crippen molar-refractivity contribution in [1.29, 1.82) is 0 Å². The summed E-state index contributed by atoms with van der Waals surface area (Å²) in [5, 5.41) is 2.82. The average molecular weight is 626 g/mol. The molecule has 2 bridgehead atoms. The van der Waals surface area contributed by atoms with E-state index in [4.69, 9.17) is 15.5 Å². The number of imidazole rings is 1. The minimum absolute atomic E-state index is 0.0460. The monoisotopic (exact) mass is 625 g/mol. The lowest BCUT2D eigenvalue weighted by Gasteiger charge is -2.30. The normalized spacial score (nSPS) is 20.4. The number of likely N-dealkylation sites (tertiary alicyclic amines) is 1. The summed E-state index contributed by atoms with van der Waals surface area (Å²) in [6.07, 6.45) is 0.888. The predicted molar refractivity (Wildman–Crippen MR) is 164 cm³/mol. The molecule has 1 saturated heterocycles. The quantitative estimate of drug-likeness (QED) is 0.322. The molecule has 3 N–H and O–H groups in total. The molecule has 4 aromatic rings. The standard InChI is InChI=1S/C32H38F3N7O3/c1-40-27-23(15-20(17-25(27)45-2)31(44)41-13-8-9-21(36)18-41)38-30(40)24-16-19-11-12-22-28(32(33,34)35)39-26(43)10-6-4-3-5-7-14-42(24)29(19)37-22/h11-12,15-17,21,28H,3-10,13-14,18,36H2,1-2H3,(H,39,43)/t21-,28+/m1/s1. The van der Waals surface area contributed by atoms with Crippen LogP contribution in [0.2, 0.25) is 0 Å². The molecule has 240 valence electrons. The summed E-state index contributed by atoms with van der Waals surface area (Å²) >= 11 is 0. The summed E-state index contributed by atoms with van der Waals surface area (Å²) in [6.45, 7) is 1.65. The molecule has 2 aliphatic rings. The highest BCUT2D eigenvalue weighted by molar-refractivity contribution is 6.00. The molecule has 2 atom stereocenters. The second-order valence-electron chi connectivity index (χ2n) is 12.1. The van der Waals surface area contributed by atoms with E-state index in [2.05, 4.69) is 10.3 Å². The number of piperidine rings is 1. The van der Waals surface area contributed by atoms with Crippen LogP contribution in [0.5, 0.6) is 5.75 Å². The number of pyridine rings is 1. The number of nitrogens with zero attached hydrogens (tertiary/aromatic N) is 5. The Morgan fingerprint density at radius 3 is 2.58 bits per heavy atom. The summed E-state index contributed by atoms with van der Waals surface area (Å²) in [6, 6.07) is 6.00. The number of aryl methyl sites for hydroxylation is 2. The molecule has 0 spiro atoms. The van der Waals surface area contributed by atoms with E-state index in [1.54, 1.807) is 30.2 Å². The van der Waals surface area contributed by atoms with Crippen LogP contribution in [0.1, 0.15) is 73.5 Å². The molecule has 1 aromatic carbocycles. The van der Waals surface area contributed by atoms with Crippen LogP contribution in [-0.4, -0.2) is 68.2 Å². The number of halogens is 3. The molecule has 6 rings (SSSR count). The Morgan fingerprint density at radius 1 is 1.04 bits per heavy atom. The van der Waals surface area contributed by atoms with Crippen LogP contribution in [-0.2, 0) is 18.4 Å². The lowest BCUT2D eigenvalue weighted by molar-refractivity contribution is -0.164. The highest BCUT2D eigenvalue weighted by atomic mass is 19.4. The number of benzene rings is 1. The highest BCUT2D eigenvalue weighted by Gasteiger charge is 2.43. The number of amides is 2. The number of carbonyl (C=O) groups excluding carboxylic acids is 2. The molecular weight excluding hydrogens is 587 g/mol. The molecule has 2 amide bonds. The van der Waals surface area contributed by atoms with Crippen molar-refractivity contribution in [2.45, 2.75) is 76.2 Å². The van der Waals surface area contributed by atoms with Crippen molar-refractivity contribution >= 4 is 33.9 Å². The van der Waals surface area contributed by atoms with Gasteiger partial charge in [-0.05, 0) is 56.0 Å². The number of methoxy groups -OCH3 is 1. The van der Waals surface area contributed by atoms with Gasteiger partial charge in [0.1, 0.15) is 16.9 Å². The Hall–Kier alpha value is -4.13. The van der Waals surface area contributed by atoms with Gasteiger partial charge in [0.05, 0.1) is 24.0 Å². The molecule has 2 aliphatic heterocycles. The second kappa shape index (κ2) is 12.3. The molecule has 0 aliphatic carbocycles. The third kappa shape index (κ3) is 6.09. The van der Waals surface area contributed by atoms with Crippen LogP contribution in [0.15, 0.2) is 30.3 Å². The zero-order chi connectivity index (χ0) is 31.9. The Kier molecular flexibility index (Phi) is 8.47. The summed E-state index contributed by atoms with van der Waals surface area (Å²) in [7, 11) is 3.39. The molecule has 0 unspecified atom stereocenters. The van der Waals surface area contributed by atoms with Gasteiger partial charge in [-0.15, -0.1) is 0 Å². The number of nitrogens with one attached hydrogen (secondary N) is 1. The van der Waals surface area contributed by atoms with Gasteiger partial charge in [0.15, 0.2) is 11.9 Å². The van der Waals surface area contributed by atoms with E-state index in [-0.39, 0.29) is 24.1 Å². The third-order valence-corrected chi connectivity index (χ3v) is 8.85. The first-order chi connectivity index (χ1) is 21.5. The van der Waals surface area contributed by atoms with E-state index in [9.17, 15) is 22.8 Å². The Balaban J connectivity index is 1.47. The maximum absolute atomic E-state index is 14.2. The number of alkyl halides is 3. The van der Waals surface area contributed by atoms with Crippen molar-refractivity contribution in [3.05, 3.63) is 41.6 Å². The van der Waals surface area contributed by atoms with Crippen molar-refractivity contribution in [3.8, 4) is 17.3 Å². The predicted octanol–water partition coefficient (Wildman–Crippen LogP) is 5.24. The van der Waals surface area contributed by atoms with Gasteiger partial charge in [-0.25, -0.2) is 9.97 Å². The maximum atomic E-state index is 14.2. The van der Waals surface area contributed by atoms with Crippen molar-refractivity contribution in [3.63, 3.8) is 0 Å². The van der Waals surface area contributed by atoms with E-state index in [1.165, 1.54) is 6.07 Å². The van der Waals surface area contributed by atoms with Gasteiger partial charge in [0, 0.05) is 50.1 Å². The zero-order valence-corrected chi connectivity index (χ0v) is 25.5. The summed E-state index contributed by atoms with van der Waals surface area (Å²) < 4.78 is 52.0. The molecule has 5 heterocycles. The van der Waals surface area contributed by atoms with Crippen molar-refractivity contribution in [2.24, 2.45) is 12.8 Å². The lowest BCUT2D eigenvalue weighted by atomic mass is 10.0. The van der Waals surface area contributed by atoms with Crippen molar-refractivity contribution in [1.82, 2.24) is 29.3 Å². The van der Waals surface area contributed by atoms with E-state index < -0.39 is 18.1 Å². The maximum Gasteiger partial charge on any atom is 0.414 e. The molecule has 1 fully saturated rings. The fourth-order valence-electron chi connectivity index (χ4n) is 6.55. The van der Waals surface area contributed by atoms with Crippen LogP contribution in [0.25, 0.3) is 33.6 Å². The molecule has 10 nitrogen and oxygen atoms in total. The van der Waals surface area contributed by atoms with Crippen LogP contribution < -0.4 is 15.8 Å². The minimum atomic E-state index is -4.71. The number of rotatable bonds is 3. The van der Waals surface area contributed by atoms with Gasteiger partial charge < -0.3 is 29.8 Å². The number of hydrogen-bond acceptors (Lipinski definition) is 6. The summed E-state index contributed by atoms with van der Waals surface area (Å²) in [5.41, 5.74) is 8.63. The first-order valence-corrected chi connectivity index (χ1v) is 15.5. The minimum Gasteiger partial charge on any atom is -0.494 e. The Morgan fingerprint density at radius 2 is 1.82 bits per heavy atom. The highest BCUT2D eigenvalue weighted by Crippen LogP contribution is 2.37. The first-order valence-electron chi connectivity index (χ1n) is 15.5. The van der Waals surface area contributed by atoms with Gasteiger partial charge in [-0.1, -0.05) is 19.3 Å². The number of ether oxygens (including phenoxy) is 1. The van der Waals surface area contributed by atoms with Crippen LogP contribution in [0, 0.1) is 0 Å². The van der Waals surface area contributed by atoms with Gasteiger partial charge in [0.2, 0.25) is 5.91 Å². The Labute approximate surface area is 258 Å². The SMILES string of the molecule is COc1cc(C(=O)N2CCC[C@@H](N)C2)cc2nc(-c3cc4ccc5nc4n3CCCCCCCC(=O)N[C@@H]5C(F)(F)F)n(C)c12. The van der Waals surface area contributed by atoms with Crippen molar-refractivity contribution in [2.75, 3.05) is 20.2 Å². The van der Waals surface area contributed by atoms with Crippen molar-refractivity contribution < 1.29 is 27.5 Å². The Bertz CT molecular complexity index is 1750. The van der Waals surface area contributed by atoms with E-state index in [0.29, 0.717) is 71.0 Å². The van der Waals surface area contributed by atoms with Crippen LogP contribution in [0.3, 0.4) is 0 Å². The van der Waals surface area contributed by atoms with Crippen LogP contribution in [0.4, 0.5) is 13.2 Å². The van der Waals surface area contributed by atoms with Crippen LogP contribution >= 0.6 is 0 Å². The van der Waals surface area contributed by atoms with Gasteiger partial charge >= 0.3 is 6.18 Å². The zero-order valence-electron chi connectivity index (χ0n) is 25.5. The number of carbonyl (C=O) groups is 2. The lowest BCUT2D eigenvalue weighted by Crippen LogP contribution is -2.45. The molecule has 13 heteroatoms. The number of hydrogen-bond donors (Lipinski definition) is 2. The molecular formula is C32H38F3N7O3. The van der Waals surface area contributed by atoms with E-state index in [1.807, 2.05) is 22.2 Å². The number of nitrogens with two attached hydrogens (primary N) is 1. The third-order valence-electron chi connectivity index (χ3n) is 8.85. The first kappa shape index (κ1) is 30.9. The smallest absolute Gasteiger partial charge is 0.414 e. The fraction of sp³-hybridized carbons (Fsp3) is 0.500. The molecule has 45 heavy (non-hydrogen) atoms. The molecule has 0 saturated carbocycles. The molecule has 3 aromatic heterocycles. The van der Waals surface area contributed by atoms with Gasteiger partial charge in [0.25, 0.3) is 5.91 Å². The van der Waals surface area contributed by atoms with Gasteiger partial charge in [-0.3, -0.25) is 9.59 Å². The van der Waals surface area contributed by atoms with E-state index >= 15 is 0 Å². The summed E-state index contributed by atoms with van der Waals surface area (Å²) in [5.74, 6) is 0.277. The largest absolute Gasteiger partial charge is 0.494 e. The second-order valence-corrected chi connectivity index (χ2v) is 12.1. The topological polar surface area (TPSA) is 120 Å². The van der Waals surface area contributed by atoms with Gasteiger partial charge in [-0.2, -0.15) is 13.2 Å². The number of aromatic nitrogens is 4. The van der Waals surface area contributed by atoms with E-state index in [0.717, 1.165) is 38.5 Å². The fourth-order valence-corrected chi connectivity index (χ4v) is 6.55. The summed E-state index contributed by atoms with van der Waals surface area (Å²) in [4.78, 5) is 37.1. The molecule has 0 radical (unpaired) electrons.